The lowest BCUT2D eigenvalue weighted by atomic mass is 9.83. The molecule has 1 aliphatic carbocycles. The molecule has 5 nitrogen and oxygen atoms in total. The highest BCUT2D eigenvalue weighted by Gasteiger charge is 2.31. The van der Waals surface area contributed by atoms with Crippen molar-refractivity contribution in [2.45, 2.75) is 6.92 Å². The van der Waals surface area contributed by atoms with Gasteiger partial charge >= 0.3 is 5.97 Å². The van der Waals surface area contributed by atoms with Crippen LogP contribution in [-0.4, -0.2) is 30.7 Å². The summed E-state index contributed by atoms with van der Waals surface area (Å²) in [6.45, 7) is 5.79. The molecule has 2 aromatic rings. The monoisotopic (exact) mass is 335 g/mol. The molecule has 0 aromatic heterocycles. The van der Waals surface area contributed by atoms with Gasteiger partial charge in [-0.25, -0.2) is 4.79 Å². The highest BCUT2D eigenvalue weighted by Crippen LogP contribution is 2.31. The molecule has 1 N–H and O–H groups in total. The van der Waals surface area contributed by atoms with Crippen molar-refractivity contribution < 1.29 is 19.1 Å². The summed E-state index contributed by atoms with van der Waals surface area (Å²) in [6.07, 6.45) is 0. The van der Waals surface area contributed by atoms with Crippen LogP contribution >= 0.6 is 0 Å². The molecule has 0 saturated heterocycles. The van der Waals surface area contributed by atoms with Crippen molar-refractivity contribution in [1.82, 2.24) is 0 Å². The third kappa shape index (κ3) is 2.96. The van der Waals surface area contributed by atoms with Crippen molar-refractivity contribution in [1.29, 1.82) is 0 Å². The van der Waals surface area contributed by atoms with E-state index in [0.29, 0.717) is 27.9 Å². The molecule has 2 aromatic carbocycles. The summed E-state index contributed by atoms with van der Waals surface area (Å²) in [5.74, 6) is -0.888. The van der Waals surface area contributed by atoms with Gasteiger partial charge in [-0.2, -0.15) is 0 Å². The zero-order chi connectivity index (χ0) is 18.0. The molecule has 25 heavy (non-hydrogen) atoms. The Balaban J connectivity index is 1.92. The molecule has 0 amide bonds. The molecule has 1 aliphatic rings. The zero-order valence-corrected chi connectivity index (χ0v) is 13.8. The second kappa shape index (κ2) is 6.73. The first-order valence-electron chi connectivity index (χ1n) is 7.94. The Morgan fingerprint density at radius 1 is 1.00 bits per heavy atom. The van der Waals surface area contributed by atoms with Crippen LogP contribution in [-0.2, 0) is 9.53 Å². The second-order valence-corrected chi connectivity index (χ2v) is 5.61. The number of anilines is 1. The lowest BCUT2D eigenvalue weighted by Crippen LogP contribution is -2.23. The van der Waals surface area contributed by atoms with Crippen molar-refractivity contribution in [2.24, 2.45) is 0 Å². The first-order chi connectivity index (χ1) is 12.0. The summed E-state index contributed by atoms with van der Waals surface area (Å²) < 4.78 is 4.89. The molecule has 0 fully saturated rings. The van der Waals surface area contributed by atoms with Gasteiger partial charge in [0.05, 0.1) is 12.2 Å². The van der Waals surface area contributed by atoms with Gasteiger partial charge in [-0.05, 0) is 13.0 Å². The van der Waals surface area contributed by atoms with Crippen molar-refractivity contribution in [3.05, 3.63) is 76.9 Å². The molecule has 0 unspecified atom stereocenters. The number of benzene rings is 2. The van der Waals surface area contributed by atoms with E-state index in [4.69, 9.17) is 4.74 Å². The Labute approximate surface area is 145 Å². The molecular formula is C20H17NO4. The predicted molar refractivity (Wildman–Crippen MR) is 94.0 cm³/mol. The lowest BCUT2D eigenvalue weighted by Gasteiger charge is -2.20. The number of fused-ring (bicyclic) bond motifs is 2. The first-order valence-corrected chi connectivity index (χ1v) is 7.94. The lowest BCUT2D eigenvalue weighted by molar-refractivity contribution is -0.138. The summed E-state index contributed by atoms with van der Waals surface area (Å²) in [5.41, 5.74) is 2.22. The van der Waals surface area contributed by atoms with E-state index in [1.165, 1.54) is 0 Å². The average molecular weight is 335 g/mol. The summed E-state index contributed by atoms with van der Waals surface area (Å²) in [4.78, 5) is 37.2. The third-order valence-corrected chi connectivity index (χ3v) is 4.01. The summed E-state index contributed by atoms with van der Waals surface area (Å²) >= 11 is 0. The zero-order valence-electron chi connectivity index (χ0n) is 13.8. The third-order valence-electron chi connectivity index (χ3n) is 4.01. The minimum Gasteiger partial charge on any atom is -0.463 e. The fourth-order valence-corrected chi connectivity index (χ4v) is 2.80. The number of nitrogens with one attached hydrogen (secondary N) is 1. The predicted octanol–water partition coefficient (Wildman–Crippen LogP) is 2.99. The summed E-state index contributed by atoms with van der Waals surface area (Å²) in [5, 5.41) is 3.02. The molecular weight excluding hydrogens is 318 g/mol. The van der Waals surface area contributed by atoms with E-state index in [2.05, 4.69) is 11.9 Å². The van der Waals surface area contributed by atoms with Gasteiger partial charge in [0, 0.05) is 34.5 Å². The van der Waals surface area contributed by atoms with Crippen LogP contribution in [0, 0.1) is 0 Å². The normalized spacial score (nSPS) is 12.2. The maximum Gasteiger partial charge on any atom is 0.335 e. The van der Waals surface area contributed by atoms with Crippen LogP contribution < -0.4 is 5.32 Å². The average Bonchev–Trinajstić information content (AvgIpc) is 2.64. The van der Waals surface area contributed by atoms with E-state index < -0.39 is 5.97 Å². The van der Waals surface area contributed by atoms with Crippen LogP contribution in [0.1, 0.15) is 38.8 Å². The van der Waals surface area contributed by atoms with E-state index >= 15 is 0 Å². The standard InChI is InChI=1S/C20H17NO4/c1-3-25-20(24)12(2)11-21-16-10-6-9-15-17(16)19(23)14-8-5-4-7-13(14)18(15)22/h4-10,21H,2-3,11H2,1H3. The number of hydrogen-bond donors (Lipinski definition) is 1. The molecule has 0 spiro atoms. The van der Waals surface area contributed by atoms with E-state index in [1.807, 2.05) is 0 Å². The Bertz CT molecular complexity index is 898. The Morgan fingerprint density at radius 2 is 1.64 bits per heavy atom. The maximum atomic E-state index is 12.8. The van der Waals surface area contributed by atoms with E-state index in [1.54, 1.807) is 49.4 Å². The highest BCUT2D eigenvalue weighted by atomic mass is 16.5. The summed E-state index contributed by atoms with van der Waals surface area (Å²) in [6, 6.07) is 11.8. The van der Waals surface area contributed by atoms with Gasteiger partial charge in [-0.3, -0.25) is 9.59 Å². The molecule has 5 heteroatoms. The van der Waals surface area contributed by atoms with Crippen molar-refractivity contribution in [3.63, 3.8) is 0 Å². The fraction of sp³-hybridized carbons (Fsp3) is 0.150. The number of carbonyl (C=O) groups is 3. The van der Waals surface area contributed by atoms with E-state index in [-0.39, 0.29) is 30.3 Å². The van der Waals surface area contributed by atoms with Crippen LogP contribution in [0.3, 0.4) is 0 Å². The minimum absolute atomic E-state index is 0.123. The number of carbonyl (C=O) groups excluding carboxylic acids is 3. The van der Waals surface area contributed by atoms with Gasteiger partial charge in [0.25, 0.3) is 0 Å². The Hall–Kier alpha value is -3.21. The molecule has 3 rings (SSSR count). The fourth-order valence-electron chi connectivity index (χ4n) is 2.80. The topological polar surface area (TPSA) is 72.5 Å². The van der Waals surface area contributed by atoms with E-state index in [0.717, 1.165) is 0 Å². The largest absolute Gasteiger partial charge is 0.463 e. The molecule has 126 valence electrons. The number of ketones is 2. The van der Waals surface area contributed by atoms with Crippen LogP contribution in [0.25, 0.3) is 0 Å². The van der Waals surface area contributed by atoms with Crippen LogP contribution in [0.2, 0.25) is 0 Å². The van der Waals surface area contributed by atoms with Crippen LogP contribution in [0.5, 0.6) is 0 Å². The number of hydrogen-bond acceptors (Lipinski definition) is 5. The number of rotatable bonds is 5. The SMILES string of the molecule is C=C(CNc1cccc2c1C(=O)c1ccccc1C2=O)C(=O)OCC. The van der Waals surface area contributed by atoms with E-state index in [9.17, 15) is 14.4 Å². The highest BCUT2D eigenvalue weighted by molar-refractivity contribution is 6.30. The van der Waals surface area contributed by atoms with Crippen LogP contribution in [0.15, 0.2) is 54.6 Å². The molecule has 0 atom stereocenters. The number of esters is 1. The molecule has 0 bridgehead atoms. The molecule has 0 radical (unpaired) electrons. The maximum absolute atomic E-state index is 12.8. The molecule has 0 aliphatic heterocycles. The van der Waals surface area contributed by atoms with Crippen LogP contribution in [0.4, 0.5) is 5.69 Å². The van der Waals surface area contributed by atoms with Crippen molar-refractivity contribution in [2.75, 3.05) is 18.5 Å². The van der Waals surface area contributed by atoms with Crippen molar-refractivity contribution >= 4 is 23.2 Å². The molecule has 0 saturated carbocycles. The first kappa shape index (κ1) is 16.6. The Morgan fingerprint density at radius 3 is 2.32 bits per heavy atom. The minimum atomic E-state index is -0.493. The van der Waals surface area contributed by atoms with Gasteiger partial charge in [0.15, 0.2) is 11.6 Å². The van der Waals surface area contributed by atoms with Gasteiger partial charge in [0.2, 0.25) is 0 Å². The Kier molecular flexibility index (Phi) is 4.48. The van der Waals surface area contributed by atoms with Gasteiger partial charge in [-0.15, -0.1) is 0 Å². The van der Waals surface area contributed by atoms with Gasteiger partial charge < -0.3 is 10.1 Å². The van der Waals surface area contributed by atoms with Gasteiger partial charge in [-0.1, -0.05) is 43.0 Å². The summed E-state index contributed by atoms with van der Waals surface area (Å²) in [7, 11) is 0. The smallest absolute Gasteiger partial charge is 0.335 e. The quantitative estimate of drug-likeness (QED) is 0.573. The van der Waals surface area contributed by atoms with Gasteiger partial charge in [0.1, 0.15) is 0 Å². The number of ether oxygens (including phenoxy) is 1. The van der Waals surface area contributed by atoms with Crippen molar-refractivity contribution in [3.8, 4) is 0 Å². The second-order valence-electron chi connectivity index (χ2n) is 5.61. The molecule has 0 heterocycles.